The van der Waals surface area contributed by atoms with Crippen LogP contribution in [-0.2, 0) is 16.0 Å². The number of H-pyrrole nitrogens is 1. The number of carbonyl (C=O) groups excluding carboxylic acids is 2. The Morgan fingerprint density at radius 1 is 1.22 bits per heavy atom. The van der Waals surface area contributed by atoms with Crippen molar-refractivity contribution in [2.45, 2.75) is 38.6 Å². The number of nitrogens with one attached hydrogen (secondary N) is 3. The summed E-state index contributed by atoms with van der Waals surface area (Å²) in [6.07, 6.45) is 3.08. The number of thiophene rings is 1. The molecular formula is C21H23N3O2S. The van der Waals surface area contributed by atoms with Gasteiger partial charge in [-0.05, 0) is 55.3 Å². The molecule has 1 fully saturated rings. The van der Waals surface area contributed by atoms with Crippen LogP contribution in [0.4, 0.5) is 0 Å². The molecule has 1 aliphatic rings. The van der Waals surface area contributed by atoms with Gasteiger partial charge in [0.1, 0.15) is 0 Å². The van der Waals surface area contributed by atoms with E-state index in [9.17, 15) is 9.59 Å². The second-order valence-corrected chi connectivity index (χ2v) is 8.07. The molecule has 140 valence electrons. The molecule has 0 radical (unpaired) electrons. The van der Waals surface area contributed by atoms with Gasteiger partial charge in [-0.15, -0.1) is 11.3 Å². The average Bonchev–Trinajstić information content (AvgIpc) is 3.17. The number of benzene rings is 1. The lowest BCUT2D eigenvalue weighted by Crippen LogP contribution is -2.37. The summed E-state index contributed by atoms with van der Waals surface area (Å²) in [5, 5.41) is 8.83. The van der Waals surface area contributed by atoms with E-state index in [-0.39, 0.29) is 18.4 Å². The lowest BCUT2D eigenvalue weighted by molar-refractivity contribution is -0.126. The zero-order chi connectivity index (χ0) is 18.8. The Morgan fingerprint density at radius 3 is 2.81 bits per heavy atom. The molecule has 5 nitrogen and oxygen atoms in total. The first-order valence-electron chi connectivity index (χ1n) is 9.31. The van der Waals surface area contributed by atoms with Crippen molar-refractivity contribution in [1.82, 2.24) is 15.6 Å². The van der Waals surface area contributed by atoms with Gasteiger partial charge in [-0.2, -0.15) is 0 Å². The van der Waals surface area contributed by atoms with E-state index in [4.69, 9.17) is 0 Å². The summed E-state index contributed by atoms with van der Waals surface area (Å²) < 4.78 is 0. The van der Waals surface area contributed by atoms with Gasteiger partial charge < -0.3 is 15.6 Å². The number of amides is 2. The average molecular weight is 382 g/mol. The first-order valence-corrected chi connectivity index (χ1v) is 10.2. The third kappa shape index (κ3) is 4.22. The Hall–Kier alpha value is -2.60. The molecule has 0 bridgehead atoms. The highest BCUT2D eigenvalue weighted by atomic mass is 32.1. The number of rotatable bonds is 7. The van der Waals surface area contributed by atoms with Gasteiger partial charge in [-0.1, -0.05) is 17.7 Å². The fourth-order valence-electron chi connectivity index (χ4n) is 3.26. The Bertz CT molecular complexity index is 971. The van der Waals surface area contributed by atoms with Gasteiger partial charge in [0.2, 0.25) is 11.8 Å². The summed E-state index contributed by atoms with van der Waals surface area (Å²) in [5.41, 5.74) is 4.53. The molecular weight excluding hydrogens is 358 g/mol. The van der Waals surface area contributed by atoms with E-state index in [1.165, 1.54) is 10.4 Å². The highest BCUT2D eigenvalue weighted by Crippen LogP contribution is 2.34. The molecule has 1 saturated carbocycles. The Kier molecular flexibility index (Phi) is 4.99. The third-order valence-electron chi connectivity index (χ3n) is 4.82. The Morgan fingerprint density at radius 2 is 2.07 bits per heavy atom. The van der Waals surface area contributed by atoms with Crippen LogP contribution in [0.1, 0.15) is 30.4 Å². The maximum atomic E-state index is 12.2. The molecule has 1 aliphatic carbocycles. The molecule has 3 aromatic rings. The molecule has 0 saturated heterocycles. The molecule has 1 aromatic carbocycles. The van der Waals surface area contributed by atoms with Crippen LogP contribution in [0.25, 0.3) is 21.5 Å². The van der Waals surface area contributed by atoms with Gasteiger partial charge in [0, 0.05) is 23.4 Å². The molecule has 6 heteroatoms. The van der Waals surface area contributed by atoms with Gasteiger partial charge in [0.15, 0.2) is 0 Å². The summed E-state index contributed by atoms with van der Waals surface area (Å²) in [6.45, 7) is 2.13. The topological polar surface area (TPSA) is 74.0 Å². The molecule has 27 heavy (non-hydrogen) atoms. The van der Waals surface area contributed by atoms with Crippen LogP contribution in [0.2, 0.25) is 0 Å². The normalized spacial score (nSPS) is 13.7. The van der Waals surface area contributed by atoms with Crippen molar-refractivity contribution in [3.63, 3.8) is 0 Å². The Labute approximate surface area is 162 Å². The van der Waals surface area contributed by atoms with Crippen LogP contribution in [0.5, 0.6) is 0 Å². The van der Waals surface area contributed by atoms with Crippen molar-refractivity contribution in [2.24, 2.45) is 0 Å². The van der Waals surface area contributed by atoms with Crippen LogP contribution in [-0.4, -0.2) is 29.4 Å². The van der Waals surface area contributed by atoms with E-state index in [1.54, 1.807) is 11.3 Å². The van der Waals surface area contributed by atoms with Crippen molar-refractivity contribution in [3.8, 4) is 10.6 Å². The SMILES string of the molecule is Cc1ccc2[nH]c(-c3cccs3)c(CCC(=O)NCC(=O)NC3CC3)c2c1. The zero-order valence-electron chi connectivity index (χ0n) is 15.3. The summed E-state index contributed by atoms with van der Waals surface area (Å²) >= 11 is 1.68. The first kappa shape index (κ1) is 17.8. The first-order chi connectivity index (χ1) is 13.1. The van der Waals surface area contributed by atoms with Crippen molar-refractivity contribution in [2.75, 3.05) is 6.54 Å². The highest BCUT2D eigenvalue weighted by molar-refractivity contribution is 7.13. The van der Waals surface area contributed by atoms with Crippen molar-refractivity contribution < 1.29 is 9.59 Å². The second kappa shape index (κ2) is 7.56. The molecule has 0 unspecified atom stereocenters. The predicted molar refractivity (Wildman–Crippen MR) is 109 cm³/mol. The van der Waals surface area contributed by atoms with Crippen LogP contribution < -0.4 is 10.6 Å². The number of aromatic amines is 1. The summed E-state index contributed by atoms with van der Waals surface area (Å²) in [4.78, 5) is 28.6. The Balaban J connectivity index is 1.47. The van der Waals surface area contributed by atoms with Gasteiger partial charge >= 0.3 is 0 Å². The van der Waals surface area contributed by atoms with E-state index in [0.29, 0.717) is 18.9 Å². The summed E-state index contributed by atoms with van der Waals surface area (Å²) in [7, 11) is 0. The molecule has 0 aliphatic heterocycles. The molecule has 0 spiro atoms. The van der Waals surface area contributed by atoms with Crippen LogP contribution >= 0.6 is 11.3 Å². The van der Waals surface area contributed by atoms with Gasteiger partial charge in [0.25, 0.3) is 0 Å². The molecule has 2 heterocycles. The quantitative estimate of drug-likeness (QED) is 0.586. The fourth-order valence-corrected chi connectivity index (χ4v) is 4.02. The van der Waals surface area contributed by atoms with E-state index >= 15 is 0 Å². The van der Waals surface area contributed by atoms with Crippen molar-refractivity contribution in [3.05, 3.63) is 46.8 Å². The lowest BCUT2D eigenvalue weighted by atomic mass is 10.0. The highest BCUT2D eigenvalue weighted by Gasteiger charge is 2.23. The molecule has 2 amide bonds. The van der Waals surface area contributed by atoms with Crippen molar-refractivity contribution >= 4 is 34.1 Å². The summed E-state index contributed by atoms with van der Waals surface area (Å²) in [5.74, 6) is -0.201. The number of aryl methyl sites for hydroxylation is 2. The predicted octanol–water partition coefficient (Wildman–Crippen LogP) is 3.53. The molecule has 3 N–H and O–H groups in total. The van der Waals surface area contributed by atoms with E-state index in [0.717, 1.165) is 35.0 Å². The number of hydrogen-bond acceptors (Lipinski definition) is 3. The number of fused-ring (bicyclic) bond motifs is 1. The van der Waals surface area contributed by atoms with Gasteiger partial charge in [0.05, 0.1) is 17.1 Å². The maximum Gasteiger partial charge on any atom is 0.239 e. The number of carbonyl (C=O) groups is 2. The zero-order valence-corrected chi connectivity index (χ0v) is 16.1. The third-order valence-corrected chi connectivity index (χ3v) is 5.71. The summed E-state index contributed by atoms with van der Waals surface area (Å²) in [6, 6.07) is 10.8. The minimum absolute atomic E-state index is 0.0557. The van der Waals surface area contributed by atoms with Crippen LogP contribution in [0.15, 0.2) is 35.7 Å². The van der Waals surface area contributed by atoms with Crippen LogP contribution in [0.3, 0.4) is 0 Å². The van der Waals surface area contributed by atoms with Crippen LogP contribution in [0, 0.1) is 6.92 Å². The van der Waals surface area contributed by atoms with E-state index < -0.39 is 0 Å². The molecule has 0 atom stereocenters. The monoisotopic (exact) mass is 381 g/mol. The second-order valence-electron chi connectivity index (χ2n) is 7.12. The standard InChI is InChI=1S/C21H23N3O2S/c1-13-4-8-17-16(11-13)15(21(24-17)18-3-2-10-27-18)7-9-19(25)22-12-20(26)23-14-5-6-14/h2-4,8,10-11,14,24H,5-7,9,12H2,1H3,(H,22,25)(H,23,26). The van der Waals surface area contributed by atoms with E-state index in [2.05, 4.69) is 52.2 Å². The minimum Gasteiger partial charge on any atom is -0.354 e. The van der Waals surface area contributed by atoms with Gasteiger partial charge in [-0.25, -0.2) is 0 Å². The fraction of sp³-hybridized carbons (Fsp3) is 0.333. The van der Waals surface area contributed by atoms with Crippen molar-refractivity contribution in [1.29, 1.82) is 0 Å². The minimum atomic E-state index is -0.104. The molecule has 2 aromatic heterocycles. The number of hydrogen-bond donors (Lipinski definition) is 3. The molecule has 4 rings (SSSR count). The van der Waals surface area contributed by atoms with E-state index in [1.807, 2.05) is 6.07 Å². The lowest BCUT2D eigenvalue weighted by Gasteiger charge is -2.07. The number of aromatic nitrogens is 1. The van der Waals surface area contributed by atoms with Gasteiger partial charge in [-0.3, -0.25) is 9.59 Å². The largest absolute Gasteiger partial charge is 0.354 e. The maximum absolute atomic E-state index is 12.2. The smallest absolute Gasteiger partial charge is 0.239 e.